The number of aromatic nitrogens is 4. The molecular formula is C24H26FN7S. The van der Waals surface area contributed by atoms with Gasteiger partial charge >= 0.3 is 0 Å². The minimum Gasteiger partial charge on any atom is -0.355 e. The van der Waals surface area contributed by atoms with E-state index in [9.17, 15) is 4.39 Å². The first-order chi connectivity index (χ1) is 16.1. The van der Waals surface area contributed by atoms with Gasteiger partial charge in [-0.25, -0.2) is 14.4 Å². The minimum absolute atomic E-state index is 0.246. The molecule has 2 unspecified atom stereocenters. The van der Waals surface area contributed by atoms with Gasteiger partial charge in [0, 0.05) is 44.2 Å². The third-order valence-corrected chi connectivity index (χ3v) is 7.71. The van der Waals surface area contributed by atoms with Crippen molar-refractivity contribution in [2.45, 2.75) is 13.3 Å². The average Bonchev–Trinajstić information content (AvgIpc) is 3.60. The van der Waals surface area contributed by atoms with Crippen molar-refractivity contribution >= 4 is 33.8 Å². The van der Waals surface area contributed by atoms with E-state index in [1.165, 1.54) is 12.1 Å². The largest absolute Gasteiger partial charge is 0.355 e. The highest BCUT2D eigenvalue weighted by Gasteiger charge is 2.36. The molecule has 5 heterocycles. The lowest BCUT2D eigenvalue weighted by atomic mass is 10.0. The maximum atomic E-state index is 13.3. The molecule has 170 valence electrons. The molecule has 9 heteroatoms. The van der Waals surface area contributed by atoms with Gasteiger partial charge in [-0.2, -0.15) is 4.52 Å². The lowest BCUT2D eigenvalue weighted by Gasteiger charge is -2.20. The Balaban J connectivity index is 1.35. The second-order valence-electron chi connectivity index (χ2n) is 8.86. The maximum absolute atomic E-state index is 13.3. The van der Waals surface area contributed by atoms with Crippen molar-refractivity contribution < 1.29 is 4.39 Å². The van der Waals surface area contributed by atoms with Crippen LogP contribution < -0.4 is 15.1 Å². The van der Waals surface area contributed by atoms with Crippen LogP contribution in [-0.2, 0) is 6.42 Å². The van der Waals surface area contributed by atoms with Crippen LogP contribution in [-0.4, -0.2) is 52.8 Å². The first-order valence-corrected chi connectivity index (χ1v) is 12.3. The maximum Gasteiger partial charge on any atom is 0.191 e. The smallest absolute Gasteiger partial charge is 0.191 e. The normalized spacial score (nSPS) is 20.0. The van der Waals surface area contributed by atoms with Crippen LogP contribution in [0.25, 0.3) is 16.9 Å². The summed E-state index contributed by atoms with van der Waals surface area (Å²) in [6.45, 7) is 6.40. The van der Waals surface area contributed by atoms with Crippen LogP contribution in [0.4, 0.5) is 21.2 Å². The SMILES string of the molecule is CCc1nc2ccc(N3CC4CNCC4C3)nn2c1N(C)c1nc(-c2ccc(F)cc2)cs1. The fraction of sp³-hybridized carbons (Fsp3) is 0.375. The molecule has 3 aromatic heterocycles. The molecule has 0 saturated carbocycles. The summed E-state index contributed by atoms with van der Waals surface area (Å²) in [5, 5.41) is 11.4. The number of nitrogens with zero attached hydrogens (tertiary/aromatic N) is 6. The van der Waals surface area contributed by atoms with Gasteiger partial charge < -0.3 is 15.1 Å². The zero-order valence-electron chi connectivity index (χ0n) is 18.7. The summed E-state index contributed by atoms with van der Waals surface area (Å²) in [7, 11) is 2.01. The molecule has 4 aromatic rings. The molecule has 1 N–H and O–H groups in total. The van der Waals surface area contributed by atoms with Crippen LogP contribution in [0.15, 0.2) is 41.8 Å². The summed E-state index contributed by atoms with van der Waals surface area (Å²) < 4.78 is 15.3. The van der Waals surface area contributed by atoms with E-state index in [1.54, 1.807) is 23.5 Å². The van der Waals surface area contributed by atoms with Crippen LogP contribution in [0, 0.1) is 17.7 Å². The molecule has 1 aromatic carbocycles. The molecule has 2 saturated heterocycles. The van der Waals surface area contributed by atoms with Gasteiger partial charge in [0.2, 0.25) is 0 Å². The first-order valence-electron chi connectivity index (χ1n) is 11.4. The molecule has 2 atom stereocenters. The molecule has 0 radical (unpaired) electrons. The van der Waals surface area contributed by atoms with Gasteiger partial charge in [-0.3, -0.25) is 0 Å². The van der Waals surface area contributed by atoms with Gasteiger partial charge in [-0.05, 0) is 54.7 Å². The molecule has 0 amide bonds. The molecule has 2 aliphatic rings. The number of halogens is 1. The van der Waals surface area contributed by atoms with Gasteiger partial charge in [0.05, 0.1) is 11.4 Å². The Morgan fingerprint density at radius 1 is 1.09 bits per heavy atom. The van der Waals surface area contributed by atoms with Crippen molar-refractivity contribution in [1.29, 1.82) is 0 Å². The topological polar surface area (TPSA) is 61.6 Å². The Bertz CT molecular complexity index is 1290. The van der Waals surface area contributed by atoms with Crippen molar-refractivity contribution in [3.05, 3.63) is 53.3 Å². The number of imidazole rings is 1. The van der Waals surface area contributed by atoms with E-state index in [0.717, 1.165) is 72.0 Å². The van der Waals surface area contributed by atoms with Gasteiger partial charge in [-0.15, -0.1) is 16.4 Å². The molecule has 7 nitrogen and oxygen atoms in total. The van der Waals surface area contributed by atoms with Crippen LogP contribution >= 0.6 is 11.3 Å². The summed E-state index contributed by atoms with van der Waals surface area (Å²) >= 11 is 1.56. The van der Waals surface area contributed by atoms with Crippen molar-refractivity contribution in [2.24, 2.45) is 11.8 Å². The van der Waals surface area contributed by atoms with E-state index >= 15 is 0 Å². The van der Waals surface area contributed by atoms with Gasteiger partial charge in [0.15, 0.2) is 16.6 Å². The summed E-state index contributed by atoms with van der Waals surface area (Å²) in [6.07, 6.45) is 0.800. The Morgan fingerprint density at radius 3 is 2.58 bits per heavy atom. The first kappa shape index (κ1) is 20.6. The number of anilines is 3. The predicted octanol–water partition coefficient (Wildman–Crippen LogP) is 3.98. The van der Waals surface area contributed by atoms with Crippen LogP contribution in [0.3, 0.4) is 0 Å². The van der Waals surface area contributed by atoms with E-state index in [4.69, 9.17) is 15.1 Å². The zero-order chi connectivity index (χ0) is 22.5. The molecule has 6 rings (SSSR count). The number of aryl methyl sites for hydroxylation is 1. The Kier molecular flexibility index (Phi) is 5.03. The van der Waals surface area contributed by atoms with Crippen LogP contribution in [0.1, 0.15) is 12.6 Å². The molecule has 2 aliphatic heterocycles. The number of rotatable bonds is 5. The van der Waals surface area contributed by atoms with E-state index in [0.29, 0.717) is 11.8 Å². The van der Waals surface area contributed by atoms with Gasteiger partial charge in [-0.1, -0.05) is 6.92 Å². The molecule has 0 bridgehead atoms. The zero-order valence-corrected chi connectivity index (χ0v) is 19.5. The quantitative estimate of drug-likeness (QED) is 0.483. The highest BCUT2D eigenvalue weighted by molar-refractivity contribution is 7.14. The second kappa shape index (κ2) is 8.07. The monoisotopic (exact) mass is 463 g/mol. The minimum atomic E-state index is -0.246. The lowest BCUT2D eigenvalue weighted by molar-refractivity contribution is 0.533. The number of fused-ring (bicyclic) bond motifs is 2. The highest BCUT2D eigenvalue weighted by Crippen LogP contribution is 2.34. The highest BCUT2D eigenvalue weighted by atomic mass is 32.1. The average molecular weight is 464 g/mol. The third kappa shape index (κ3) is 3.55. The predicted molar refractivity (Wildman–Crippen MR) is 130 cm³/mol. The molecule has 2 fully saturated rings. The molecular weight excluding hydrogens is 437 g/mol. The van der Waals surface area contributed by atoms with Crippen LogP contribution in [0.5, 0.6) is 0 Å². The Morgan fingerprint density at radius 2 is 1.85 bits per heavy atom. The number of hydrogen-bond acceptors (Lipinski definition) is 7. The fourth-order valence-corrected chi connectivity index (χ4v) is 5.81. The van der Waals surface area contributed by atoms with Crippen molar-refractivity contribution in [3.8, 4) is 11.3 Å². The second-order valence-corrected chi connectivity index (χ2v) is 9.70. The molecule has 0 spiro atoms. The Hall–Kier alpha value is -3.04. The van der Waals surface area contributed by atoms with Gasteiger partial charge in [0.1, 0.15) is 11.6 Å². The van der Waals surface area contributed by atoms with E-state index in [-0.39, 0.29) is 5.82 Å². The van der Waals surface area contributed by atoms with Crippen molar-refractivity contribution in [1.82, 2.24) is 24.9 Å². The van der Waals surface area contributed by atoms with Crippen LogP contribution in [0.2, 0.25) is 0 Å². The summed E-state index contributed by atoms with van der Waals surface area (Å²) in [4.78, 5) is 14.1. The number of thiazole rings is 1. The van der Waals surface area contributed by atoms with Gasteiger partial charge in [0.25, 0.3) is 0 Å². The molecule has 0 aliphatic carbocycles. The number of nitrogens with one attached hydrogen (secondary N) is 1. The third-order valence-electron chi connectivity index (χ3n) is 6.79. The fourth-order valence-electron chi connectivity index (χ4n) is 5.00. The standard InChI is InChI=1S/C24H26FN7S/c1-3-19-23(30(2)24-28-20(14-33-24)15-4-6-18(25)7-5-15)32-21(27-19)8-9-22(29-32)31-12-16-10-26-11-17(16)13-31/h4-9,14,16-17,26H,3,10-13H2,1-2H3. The summed E-state index contributed by atoms with van der Waals surface area (Å²) in [6, 6.07) is 10.6. The van der Waals surface area contributed by atoms with E-state index in [1.807, 2.05) is 16.9 Å². The summed E-state index contributed by atoms with van der Waals surface area (Å²) in [5.74, 6) is 3.11. The van der Waals surface area contributed by atoms with Crippen molar-refractivity contribution in [3.63, 3.8) is 0 Å². The van der Waals surface area contributed by atoms with E-state index < -0.39 is 0 Å². The van der Waals surface area contributed by atoms with Crippen molar-refractivity contribution in [2.75, 3.05) is 43.0 Å². The van der Waals surface area contributed by atoms with E-state index in [2.05, 4.69) is 34.2 Å². The molecule has 33 heavy (non-hydrogen) atoms. The number of hydrogen-bond donors (Lipinski definition) is 1. The summed E-state index contributed by atoms with van der Waals surface area (Å²) in [5.41, 5.74) is 3.56. The lowest BCUT2D eigenvalue weighted by Crippen LogP contribution is -2.26. The Labute approximate surface area is 195 Å². The number of benzene rings is 1.